The van der Waals surface area contributed by atoms with Crippen LogP contribution >= 0.6 is 0 Å². The molecule has 0 radical (unpaired) electrons. The van der Waals surface area contributed by atoms with Gasteiger partial charge in [-0.2, -0.15) is 0 Å². The molecule has 16 heavy (non-hydrogen) atoms. The third-order valence-electron chi connectivity index (χ3n) is 2.95. The van der Waals surface area contributed by atoms with Crippen LogP contribution in [0.2, 0.25) is 0 Å². The second kappa shape index (κ2) is 4.17. The van der Waals surface area contributed by atoms with Crippen molar-refractivity contribution >= 4 is 5.69 Å². The monoisotopic (exact) mass is 222 g/mol. The SMILES string of the molecule is Cc1ccnc(CC(O)C2CC2)c1[N+](=O)[O-]. The second-order valence-electron chi connectivity index (χ2n) is 4.29. The van der Waals surface area contributed by atoms with E-state index in [0.717, 1.165) is 12.8 Å². The largest absolute Gasteiger partial charge is 0.392 e. The maximum absolute atomic E-state index is 10.9. The zero-order valence-electron chi connectivity index (χ0n) is 9.09. The van der Waals surface area contributed by atoms with Gasteiger partial charge >= 0.3 is 0 Å². The molecule has 0 amide bonds. The van der Waals surface area contributed by atoms with Gasteiger partial charge < -0.3 is 5.11 Å². The molecule has 1 fully saturated rings. The average molecular weight is 222 g/mol. The van der Waals surface area contributed by atoms with Crippen LogP contribution in [-0.4, -0.2) is 21.1 Å². The van der Waals surface area contributed by atoms with Crippen LogP contribution in [0, 0.1) is 23.0 Å². The summed E-state index contributed by atoms with van der Waals surface area (Å²) in [5, 5.41) is 20.7. The van der Waals surface area contributed by atoms with E-state index >= 15 is 0 Å². The predicted molar refractivity (Wildman–Crippen MR) is 58.1 cm³/mol. The van der Waals surface area contributed by atoms with E-state index in [0.29, 0.717) is 17.2 Å². The van der Waals surface area contributed by atoms with E-state index in [4.69, 9.17) is 0 Å². The summed E-state index contributed by atoms with van der Waals surface area (Å²) >= 11 is 0. The normalized spacial score (nSPS) is 17.1. The van der Waals surface area contributed by atoms with Gasteiger partial charge in [-0.25, -0.2) is 0 Å². The summed E-state index contributed by atoms with van der Waals surface area (Å²) in [6, 6.07) is 1.62. The van der Waals surface area contributed by atoms with Crippen LogP contribution < -0.4 is 0 Å². The quantitative estimate of drug-likeness (QED) is 0.620. The van der Waals surface area contributed by atoms with Crippen molar-refractivity contribution in [2.45, 2.75) is 32.3 Å². The standard InChI is InChI=1S/C11H14N2O3/c1-7-4-5-12-9(11(7)13(15)16)6-10(14)8-2-3-8/h4-5,8,10,14H,2-3,6H2,1H3. The Bertz CT molecular complexity index is 416. The lowest BCUT2D eigenvalue weighted by atomic mass is 10.1. The maximum atomic E-state index is 10.9. The summed E-state index contributed by atoms with van der Waals surface area (Å²) in [6.45, 7) is 1.69. The number of aryl methyl sites for hydroxylation is 1. The van der Waals surface area contributed by atoms with E-state index in [1.807, 2.05) is 0 Å². The fourth-order valence-electron chi connectivity index (χ4n) is 1.85. The van der Waals surface area contributed by atoms with Crippen molar-refractivity contribution in [3.05, 3.63) is 33.6 Å². The Morgan fingerprint density at radius 1 is 1.69 bits per heavy atom. The predicted octanol–water partition coefficient (Wildman–Crippen LogP) is 1.61. The van der Waals surface area contributed by atoms with E-state index in [9.17, 15) is 15.2 Å². The van der Waals surface area contributed by atoms with Crippen LogP contribution in [0.4, 0.5) is 5.69 Å². The molecular formula is C11H14N2O3. The van der Waals surface area contributed by atoms with Crippen LogP contribution in [0.15, 0.2) is 12.3 Å². The number of hydrogen-bond acceptors (Lipinski definition) is 4. The lowest BCUT2D eigenvalue weighted by molar-refractivity contribution is -0.386. The molecule has 0 spiro atoms. The van der Waals surface area contributed by atoms with Crippen molar-refractivity contribution in [1.82, 2.24) is 4.98 Å². The lowest BCUT2D eigenvalue weighted by Crippen LogP contribution is -2.15. The van der Waals surface area contributed by atoms with E-state index in [2.05, 4.69) is 4.98 Å². The molecule has 5 nitrogen and oxygen atoms in total. The average Bonchev–Trinajstić information content (AvgIpc) is 2.99. The van der Waals surface area contributed by atoms with Gasteiger partial charge in [0.25, 0.3) is 5.69 Å². The van der Waals surface area contributed by atoms with Gasteiger partial charge in [-0.1, -0.05) is 0 Å². The van der Waals surface area contributed by atoms with Crippen molar-refractivity contribution in [3.8, 4) is 0 Å². The van der Waals surface area contributed by atoms with Crippen molar-refractivity contribution < 1.29 is 10.0 Å². The van der Waals surface area contributed by atoms with Gasteiger partial charge in [0.15, 0.2) is 0 Å². The highest BCUT2D eigenvalue weighted by Gasteiger charge is 2.32. The molecule has 1 saturated carbocycles. The van der Waals surface area contributed by atoms with Crippen molar-refractivity contribution in [2.75, 3.05) is 0 Å². The molecule has 1 aliphatic rings. The van der Waals surface area contributed by atoms with Gasteiger partial charge in [0.05, 0.1) is 11.0 Å². The fraction of sp³-hybridized carbons (Fsp3) is 0.545. The van der Waals surface area contributed by atoms with E-state index in [1.165, 1.54) is 0 Å². The van der Waals surface area contributed by atoms with Gasteiger partial charge in [0.2, 0.25) is 0 Å². The molecule has 0 aliphatic heterocycles. The number of aliphatic hydroxyl groups excluding tert-OH is 1. The molecule has 1 N–H and O–H groups in total. The highest BCUT2D eigenvalue weighted by atomic mass is 16.6. The molecule has 1 atom stereocenters. The summed E-state index contributed by atoms with van der Waals surface area (Å²) < 4.78 is 0. The maximum Gasteiger partial charge on any atom is 0.293 e. The minimum Gasteiger partial charge on any atom is -0.392 e. The number of rotatable bonds is 4. The van der Waals surface area contributed by atoms with Crippen molar-refractivity contribution in [3.63, 3.8) is 0 Å². The molecule has 1 unspecified atom stereocenters. The topological polar surface area (TPSA) is 76.3 Å². The van der Waals surface area contributed by atoms with Gasteiger partial charge in [0, 0.05) is 18.2 Å². The van der Waals surface area contributed by atoms with Gasteiger partial charge in [-0.15, -0.1) is 0 Å². The summed E-state index contributed by atoms with van der Waals surface area (Å²) in [5.41, 5.74) is 1.03. The molecule has 1 aliphatic carbocycles. The number of aliphatic hydroxyl groups is 1. The number of hydrogen-bond donors (Lipinski definition) is 1. The van der Waals surface area contributed by atoms with Crippen LogP contribution in [0.25, 0.3) is 0 Å². The van der Waals surface area contributed by atoms with Crippen LogP contribution in [0.5, 0.6) is 0 Å². The van der Waals surface area contributed by atoms with Gasteiger partial charge in [-0.3, -0.25) is 15.1 Å². The first-order chi connectivity index (χ1) is 7.59. The number of nitrogens with zero attached hydrogens (tertiary/aromatic N) is 2. The Balaban J connectivity index is 2.24. The highest BCUT2D eigenvalue weighted by Crippen LogP contribution is 2.35. The van der Waals surface area contributed by atoms with Crippen LogP contribution in [-0.2, 0) is 6.42 Å². The molecule has 1 aromatic heterocycles. The Kier molecular flexibility index (Phi) is 2.87. The minimum atomic E-state index is -0.493. The molecule has 0 aromatic carbocycles. The van der Waals surface area contributed by atoms with Crippen molar-refractivity contribution in [1.29, 1.82) is 0 Å². The van der Waals surface area contributed by atoms with E-state index in [-0.39, 0.29) is 12.1 Å². The zero-order valence-corrected chi connectivity index (χ0v) is 9.09. The minimum absolute atomic E-state index is 0.0437. The molecule has 5 heteroatoms. The number of nitro groups is 1. The first-order valence-electron chi connectivity index (χ1n) is 5.36. The summed E-state index contributed by atoms with van der Waals surface area (Å²) in [4.78, 5) is 14.5. The highest BCUT2D eigenvalue weighted by molar-refractivity contribution is 5.43. The van der Waals surface area contributed by atoms with Gasteiger partial charge in [0.1, 0.15) is 5.69 Å². The Morgan fingerprint density at radius 2 is 2.38 bits per heavy atom. The van der Waals surface area contributed by atoms with E-state index < -0.39 is 11.0 Å². The lowest BCUT2D eigenvalue weighted by Gasteiger charge is -2.09. The summed E-state index contributed by atoms with van der Waals surface area (Å²) in [7, 11) is 0. The third kappa shape index (κ3) is 2.19. The van der Waals surface area contributed by atoms with Crippen molar-refractivity contribution in [2.24, 2.45) is 5.92 Å². The summed E-state index contributed by atoms with van der Waals surface area (Å²) in [5.74, 6) is 0.307. The molecule has 86 valence electrons. The van der Waals surface area contributed by atoms with Crippen LogP contribution in [0.1, 0.15) is 24.1 Å². The summed E-state index contributed by atoms with van der Waals surface area (Å²) in [6.07, 6.45) is 3.37. The Hall–Kier alpha value is -1.49. The number of pyridine rings is 1. The van der Waals surface area contributed by atoms with Crippen LogP contribution in [0.3, 0.4) is 0 Å². The zero-order chi connectivity index (χ0) is 11.7. The van der Waals surface area contributed by atoms with E-state index in [1.54, 1.807) is 19.2 Å². The Morgan fingerprint density at radius 3 is 2.94 bits per heavy atom. The fourth-order valence-corrected chi connectivity index (χ4v) is 1.85. The number of aromatic nitrogens is 1. The molecule has 0 saturated heterocycles. The molecule has 0 bridgehead atoms. The molecule has 1 aromatic rings. The Labute approximate surface area is 93.3 Å². The molecular weight excluding hydrogens is 208 g/mol. The first-order valence-corrected chi connectivity index (χ1v) is 5.36. The third-order valence-corrected chi connectivity index (χ3v) is 2.95. The molecule has 2 rings (SSSR count). The molecule has 1 heterocycles. The van der Waals surface area contributed by atoms with Gasteiger partial charge in [-0.05, 0) is 31.7 Å². The second-order valence-corrected chi connectivity index (χ2v) is 4.29. The smallest absolute Gasteiger partial charge is 0.293 e. The first kappa shape index (κ1) is 11.0.